The lowest BCUT2D eigenvalue weighted by Gasteiger charge is -2.13. The summed E-state index contributed by atoms with van der Waals surface area (Å²) in [5.74, 6) is -0.231. The monoisotopic (exact) mass is 456 g/mol. The first kappa shape index (κ1) is 22.0. The van der Waals surface area contributed by atoms with Crippen molar-refractivity contribution in [1.82, 2.24) is 10.3 Å². The number of aromatic nitrogens is 1. The Morgan fingerprint density at radius 3 is 2.47 bits per heavy atom. The largest absolute Gasteiger partial charge is 0.416 e. The highest BCUT2D eigenvalue weighted by atomic mass is 35.5. The van der Waals surface area contributed by atoms with E-state index in [0.29, 0.717) is 29.1 Å². The van der Waals surface area contributed by atoms with Gasteiger partial charge in [0.1, 0.15) is 0 Å². The maximum atomic E-state index is 13.2. The first-order chi connectivity index (χ1) is 15.3. The van der Waals surface area contributed by atoms with E-state index >= 15 is 0 Å². The molecule has 0 unspecified atom stereocenters. The van der Waals surface area contributed by atoms with Crippen LogP contribution in [0.2, 0.25) is 5.02 Å². The van der Waals surface area contributed by atoms with Crippen LogP contribution in [0.1, 0.15) is 32.6 Å². The number of carbonyl (C=O) groups is 1. The van der Waals surface area contributed by atoms with Gasteiger partial charge < -0.3 is 10.3 Å². The highest BCUT2D eigenvalue weighted by molar-refractivity contribution is 6.31. The number of rotatable bonds is 6. The molecular weight excluding hydrogens is 437 g/mol. The summed E-state index contributed by atoms with van der Waals surface area (Å²) in [4.78, 5) is 15.6. The molecule has 0 saturated carbocycles. The Kier molecular flexibility index (Phi) is 6.24. The van der Waals surface area contributed by atoms with Gasteiger partial charge in [-0.3, -0.25) is 4.79 Å². The maximum Gasteiger partial charge on any atom is 0.416 e. The zero-order valence-electron chi connectivity index (χ0n) is 17.0. The van der Waals surface area contributed by atoms with Gasteiger partial charge in [-0.05, 0) is 65.9 Å². The molecule has 7 heteroatoms. The summed E-state index contributed by atoms with van der Waals surface area (Å²) in [5.41, 5.74) is 2.77. The van der Waals surface area contributed by atoms with Crippen LogP contribution in [0.4, 0.5) is 13.2 Å². The number of benzene rings is 3. The number of fused-ring (bicyclic) bond motifs is 1. The highest BCUT2D eigenvalue weighted by Gasteiger charge is 2.32. The fraction of sp³-hybridized carbons (Fsp3) is 0.160. The van der Waals surface area contributed by atoms with Crippen molar-refractivity contribution in [3.8, 4) is 0 Å². The van der Waals surface area contributed by atoms with Crippen molar-refractivity contribution in [2.75, 3.05) is 6.54 Å². The van der Waals surface area contributed by atoms with E-state index in [1.54, 1.807) is 30.3 Å². The minimum absolute atomic E-state index is 0.140. The summed E-state index contributed by atoms with van der Waals surface area (Å²) in [6, 6.07) is 17.8. The fourth-order valence-corrected chi connectivity index (χ4v) is 3.89. The lowest BCUT2D eigenvalue weighted by Crippen LogP contribution is -2.25. The molecule has 1 amide bonds. The van der Waals surface area contributed by atoms with Gasteiger partial charge in [-0.15, -0.1) is 0 Å². The number of H-pyrrole nitrogens is 1. The molecule has 0 radical (unpaired) electrons. The van der Waals surface area contributed by atoms with Crippen LogP contribution < -0.4 is 5.32 Å². The number of hydrogen-bond acceptors (Lipinski definition) is 1. The molecule has 0 aliphatic carbocycles. The first-order valence-electron chi connectivity index (χ1n) is 10.1. The molecule has 3 aromatic carbocycles. The van der Waals surface area contributed by atoms with Crippen molar-refractivity contribution in [3.05, 3.63) is 106 Å². The van der Waals surface area contributed by atoms with Gasteiger partial charge >= 0.3 is 6.18 Å². The van der Waals surface area contributed by atoms with Crippen LogP contribution in [-0.2, 0) is 19.0 Å². The van der Waals surface area contributed by atoms with Gasteiger partial charge in [0, 0.05) is 34.2 Å². The van der Waals surface area contributed by atoms with Crippen molar-refractivity contribution >= 4 is 28.4 Å². The Labute approximate surface area is 188 Å². The molecule has 0 aliphatic rings. The summed E-state index contributed by atoms with van der Waals surface area (Å²) in [6.45, 7) is 0.443. The molecule has 0 aliphatic heterocycles. The van der Waals surface area contributed by atoms with E-state index in [9.17, 15) is 18.0 Å². The summed E-state index contributed by atoms with van der Waals surface area (Å²) in [7, 11) is 0. The summed E-state index contributed by atoms with van der Waals surface area (Å²) in [6.07, 6.45) is -1.72. The van der Waals surface area contributed by atoms with Crippen molar-refractivity contribution in [3.63, 3.8) is 0 Å². The van der Waals surface area contributed by atoms with E-state index in [1.807, 2.05) is 24.4 Å². The molecule has 32 heavy (non-hydrogen) atoms. The molecule has 3 nitrogen and oxygen atoms in total. The van der Waals surface area contributed by atoms with E-state index < -0.39 is 11.7 Å². The summed E-state index contributed by atoms with van der Waals surface area (Å²) >= 11 is 6.07. The second kappa shape index (κ2) is 9.09. The molecular formula is C25H20ClF3N2O. The number of hydrogen-bond donors (Lipinski definition) is 2. The number of carbonyl (C=O) groups excluding carboxylic acids is 1. The number of amides is 1. The molecule has 2 N–H and O–H groups in total. The standard InChI is InChI=1S/C25H20ClF3N2O/c26-20-9-10-23-21(14-20)19(15-31-23)11-12-30-24(32)17-7-5-16(6-8-17)13-18-3-1-2-4-22(18)25(27,28)29/h1-10,14-15,31H,11-13H2,(H,30,32). The second-order valence-electron chi connectivity index (χ2n) is 7.54. The molecule has 0 atom stereocenters. The number of aromatic amines is 1. The van der Waals surface area contributed by atoms with E-state index in [2.05, 4.69) is 10.3 Å². The highest BCUT2D eigenvalue weighted by Crippen LogP contribution is 2.32. The predicted octanol–water partition coefficient (Wildman–Crippen LogP) is 6.40. The zero-order valence-corrected chi connectivity index (χ0v) is 17.7. The van der Waals surface area contributed by atoms with Crippen molar-refractivity contribution in [1.29, 1.82) is 0 Å². The lowest BCUT2D eigenvalue weighted by molar-refractivity contribution is -0.138. The van der Waals surface area contributed by atoms with Crippen LogP contribution >= 0.6 is 11.6 Å². The Morgan fingerprint density at radius 2 is 1.72 bits per heavy atom. The average molecular weight is 457 g/mol. The van der Waals surface area contributed by atoms with Gasteiger partial charge in [-0.2, -0.15) is 13.2 Å². The maximum absolute atomic E-state index is 13.2. The van der Waals surface area contributed by atoms with Crippen LogP contribution in [0, 0.1) is 0 Å². The number of halogens is 4. The first-order valence-corrected chi connectivity index (χ1v) is 10.5. The van der Waals surface area contributed by atoms with E-state index in [0.717, 1.165) is 22.5 Å². The Balaban J connectivity index is 1.37. The summed E-state index contributed by atoms with van der Waals surface area (Å²) < 4.78 is 39.6. The second-order valence-corrected chi connectivity index (χ2v) is 7.97. The minimum Gasteiger partial charge on any atom is -0.361 e. The van der Waals surface area contributed by atoms with Crippen molar-refractivity contribution < 1.29 is 18.0 Å². The molecule has 4 rings (SSSR count). The van der Waals surface area contributed by atoms with Gasteiger partial charge in [-0.1, -0.05) is 41.9 Å². The Morgan fingerprint density at radius 1 is 0.969 bits per heavy atom. The third-order valence-corrected chi connectivity index (χ3v) is 5.58. The van der Waals surface area contributed by atoms with Crippen molar-refractivity contribution in [2.45, 2.75) is 19.0 Å². The smallest absolute Gasteiger partial charge is 0.361 e. The van der Waals surface area contributed by atoms with E-state index in [4.69, 9.17) is 11.6 Å². The van der Waals surface area contributed by atoms with Gasteiger partial charge in [0.25, 0.3) is 5.91 Å². The molecule has 0 bridgehead atoms. The fourth-order valence-electron chi connectivity index (χ4n) is 3.72. The molecule has 0 spiro atoms. The Bertz CT molecular complexity index is 1250. The quantitative estimate of drug-likeness (QED) is 0.346. The molecule has 164 valence electrons. The van der Waals surface area contributed by atoms with Crippen LogP contribution in [-0.4, -0.2) is 17.4 Å². The average Bonchev–Trinajstić information content (AvgIpc) is 3.16. The van der Waals surface area contributed by atoms with E-state index in [-0.39, 0.29) is 17.9 Å². The van der Waals surface area contributed by atoms with Crippen LogP contribution in [0.15, 0.2) is 72.9 Å². The number of alkyl halides is 3. The van der Waals surface area contributed by atoms with Gasteiger partial charge in [0.2, 0.25) is 0 Å². The third-order valence-electron chi connectivity index (χ3n) is 5.34. The predicted molar refractivity (Wildman–Crippen MR) is 120 cm³/mol. The SMILES string of the molecule is O=C(NCCc1c[nH]c2ccc(Cl)cc12)c1ccc(Cc2ccccc2C(F)(F)F)cc1. The Hall–Kier alpha value is -3.25. The van der Waals surface area contributed by atoms with Gasteiger partial charge in [-0.25, -0.2) is 0 Å². The molecule has 0 fully saturated rings. The van der Waals surface area contributed by atoms with Crippen LogP contribution in [0.5, 0.6) is 0 Å². The molecule has 1 aromatic heterocycles. The van der Waals surface area contributed by atoms with Gasteiger partial charge in [0.05, 0.1) is 5.56 Å². The van der Waals surface area contributed by atoms with Crippen LogP contribution in [0.3, 0.4) is 0 Å². The normalized spacial score (nSPS) is 11.6. The third kappa shape index (κ3) is 4.97. The van der Waals surface area contributed by atoms with Crippen molar-refractivity contribution in [2.24, 2.45) is 0 Å². The zero-order chi connectivity index (χ0) is 22.7. The minimum atomic E-state index is -4.40. The molecule has 4 aromatic rings. The molecule has 0 saturated heterocycles. The number of nitrogens with one attached hydrogen (secondary N) is 2. The van der Waals surface area contributed by atoms with E-state index in [1.165, 1.54) is 12.1 Å². The van der Waals surface area contributed by atoms with Gasteiger partial charge in [0.15, 0.2) is 0 Å². The lowest BCUT2D eigenvalue weighted by atomic mass is 9.98. The topological polar surface area (TPSA) is 44.9 Å². The molecule has 1 heterocycles. The van der Waals surface area contributed by atoms with Crippen LogP contribution in [0.25, 0.3) is 10.9 Å². The summed E-state index contributed by atoms with van der Waals surface area (Å²) in [5, 5.41) is 4.56.